The number of amides is 2. The summed E-state index contributed by atoms with van der Waals surface area (Å²) in [5, 5.41) is 6.55. The Bertz CT molecular complexity index is 898. The molecule has 1 aromatic heterocycles. The monoisotopic (exact) mass is 323 g/mol. The Labute approximate surface area is 139 Å². The molecular formula is C18H17N3O3. The predicted molar refractivity (Wildman–Crippen MR) is 93.3 cm³/mol. The van der Waals surface area contributed by atoms with Crippen molar-refractivity contribution in [3.05, 3.63) is 60.3 Å². The van der Waals surface area contributed by atoms with Crippen LogP contribution in [0.15, 0.2) is 54.7 Å². The Morgan fingerprint density at radius 2 is 1.71 bits per heavy atom. The normalized spacial score (nSPS) is 10.4. The number of nitrogens with zero attached hydrogens (tertiary/aromatic N) is 1. The number of aryl methyl sites for hydroxylation is 1. The van der Waals surface area contributed by atoms with E-state index in [1.807, 2.05) is 42.1 Å². The van der Waals surface area contributed by atoms with E-state index in [9.17, 15) is 9.59 Å². The lowest BCUT2D eigenvalue weighted by Crippen LogP contribution is -2.19. The van der Waals surface area contributed by atoms with Crippen LogP contribution in [0.1, 0.15) is 10.4 Å². The zero-order chi connectivity index (χ0) is 17.1. The fraction of sp³-hybridized carbons (Fsp3) is 0.111. The molecule has 2 N–H and O–H groups in total. The van der Waals surface area contributed by atoms with Crippen molar-refractivity contribution in [3.63, 3.8) is 0 Å². The van der Waals surface area contributed by atoms with Gasteiger partial charge in [0.1, 0.15) is 0 Å². The third kappa shape index (κ3) is 3.08. The molecule has 0 aliphatic rings. The van der Waals surface area contributed by atoms with Crippen molar-refractivity contribution in [2.24, 2.45) is 7.05 Å². The molecule has 0 bridgehead atoms. The highest BCUT2D eigenvalue weighted by atomic mass is 16.5. The van der Waals surface area contributed by atoms with Crippen LogP contribution in [0.3, 0.4) is 0 Å². The number of hydrogen-bond donors (Lipinski definition) is 2. The van der Waals surface area contributed by atoms with Gasteiger partial charge in [0.05, 0.1) is 18.4 Å². The largest absolute Gasteiger partial charge is 0.465 e. The molecule has 6 nitrogen and oxygen atoms in total. The summed E-state index contributed by atoms with van der Waals surface area (Å²) in [5.74, 6) is -0.415. The number of carbonyl (C=O) groups is 2. The highest BCUT2D eigenvalue weighted by molar-refractivity contribution is 6.06. The molecule has 2 aromatic carbocycles. The second-order valence-corrected chi connectivity index (χ2v) is 5.32. The molecule has 0 fully saturated rings. The van der Waals surface area contributed by atoms with Crippen molar-refractivity contribution in [3.8, 4) is 0 Å². The molecule has 122 valence electrons. The minimum Gasteiger partial charge on any atom is -0.465 e. The maximum absolute atomic E-state index is 12.2. The van der Waals surface area contributed by atoms with Crippen molar-refractivity contribution in [1.82, 2.24) is 4.57 Å². The lowest BCUT2D eigenvalue weighted by molar-refractivity contribution is 0.0601. The van der Waals surface area contributed by atoms with Gasteiger partial charge in [-0.1, -0.05) is 18.2 Å². The zero-order valence-electron chi connectivity index (χ0n) is 13.4. The van der Waals surface area contributed by atoms with Crippen LogP contribution >= 0.6 is 0 Å². The van der Waals surface area contributed by atoms with E-state index in [-0.39, 0.29) is 6.03 Å². The molecule has 24 heavy (non-hydrogen) atoms. The summed E-state index contributed by atoms with van der Waals surface area (Å²) in [6.45, 7) is 0. The fourth-order valence-electron chi connectivity index (χ4n) is 2.53. The van der Waals surface area contributed by atoms with Gasteiger partial charge in [0.15, 0.2) is 0 Å². The third-order valence-electron chi connectivity index (χ3n) is 3.71. The number of rotatable bonds is 3. The van der Waals surface area contributed by atoms with E-state index >= 15 is 0 Å². The minimum atomic E-state index is -0.415. The first kappa shape index (κ1) is 15.6. The lowest BCUT2D eigenvalue weighted by Gasteiger charge is -2.07. The summed E-state index contributed by atoms with van der Waals surface area (Å²) < 4.78 is 6.59. The molecule has 2 amide bonds. The highest BCUT2D eigenvalue weighted by Crippen LogP contribution is 2.25. The number of ether oxygens (including phenoxy) is 1. The number of anilines is 2. The van der Waals surface area contributed by atoms with Gasteiger partial charge in [-0.15, -0.1) is 0 Å². The smallest absolute Gasteiger partial charge is 0.337 e. The average Bonchev–Trinajstić information content (AvgIpc) is 2.91. The molecule has 1 heterocycles. The van der Waals surface area contributed by atoms with Crippen LogP contribution in [-0.2, 0) is 11.8 Å². The predicted octanol–water partition coefficient (Wildman–Crippen LogP) is 3.61. The molecular weight excluding hydrogens is 306 g/mol. The Morgan fingerprint density at radius 3 is 2.42 bits per heavy atom. The summed E-state index contributed by atoms with van der Waals surface area (Å²) >= 11 is 0. The van der Waals surface area contributed by atoms with Gasteiger partial charge in [-0.3, -0.25) is 0 Å². The van der Waals surface area contributed by atoms with E-state index in [2.05, 4.69) is 15.4 Å². The number of aromatic nitrogens is 1. The quantitative estimate of drug-likeness (QED) is 0.723. The first-order valence-electron chi connectivity index (χ1n) is 7.39. The maximum Gasteiger partial charge on any atom is 0.337 e. The van der Waals surface area contributed by atoms with E-state index in [0.717, 1.165) is 16.6 Å². The number of fused-ring (bicyclic) bond motifs is 1. The molecule has 0 aliphatic carbocycles. The van der Waals surface area contributed by atoms with Gasteiger partial charge in [0, 0.05) is 29.8 Å². The molecule has 0 saturated heterocycles. The lowest BCUT2D eigenvalue weighted by atomic mass is 10.2. The van der Waals surface area contributed by atoms with Crippen molar-refractivity contribution >= 4 is 34.3 Å². The van der Waals surface area contributed by atoms with Crippen LogP contribution in [0.4, 0.5) is 16.2 Å². The summed E-state index contributed by atoms with van der Waals surface area (Å²) in [5.41, 5.74) is 2.78. The summed E-state index contributed by atoms with van der Waals surface area (Å²) in [4.78, 5) is 23.6. The van der Waals surface area contributed by atoms with Crippen LogP contribution in [0, 0.1) is 0 Å². The van der Waals surface area contributed by atoms with E-state index in [0.29, 0.717) is 11.3 Å². The van der Waals surface area contributed by atoms with E-state index in [1.165, 1.54) is 7.11 Å². The Morgan fingerprint density at radius 1 is 1.00 bits per heavy atom. The number of carbonyl (C=O) groups excluding carboxylic acids is 2. The number of para-hydroxylation sites is 1. The number of esters is 1. The first-order valence-corrected chi connectivity index (χ1v) is 7.39. The van der Waals surface area contributed by atoms with Gasteiger partial charge in [-0.05, 0) is 30.3 Å². The topological polar surface area (TPSA) is 72.4 Å². The van der Waals surface area contributed by atoms with Gasteiger partial charge in [0.25, 0.3) is 0 Å². The standard InChI is InChI=1S/C18H17N3O3/c1-21-11-15(14-5-3-4-6-16(14)21)20-18(23)19-13-9-7-12(8-10-13)17(22)24-2/h3-11H,1-2H3,(H2,19,20,23). The number of benzene rings is 2. The van der Waals surface area contributed by atoms with Crippen molar-refractivity contribution in [2.75, 3.05) is 17.7 Å². The number of nitrogens with one attached hydrogen (secondary N) is 2. The summed E-state index contributed by atoms with van der Waals surface area (Å²) in [7, 11) is 3.25. The molecule has 6 heteroatoms. The van der Waals surface area contributed by atoms with Crippen LogP contribution in [0.2, 0.25) is 0 Å². The van der Waals surface area contributed by atoms with Crippen LogP contribution in [0.25, 0.3) is 10.9 Å². The summed E-state index contributed by atoms with van der Waals surface area (Å²) in [6.07, 6.45) is 1.87. The summed E-state index contributed by atoms with van der Waals surface area (Å²) in [6, 6.07) is 14.0. The molecule has 0 atom stereocenters. The van der Waals surface area contributed by atoms with Gasteiger partial charge >= 0.3 is 12.0 Å². The molecule has 0 unspecified atom stereocenters. The minimum absolute atomic E-state index is 0.350. The van der Waals surface area contributed by atoms with Gasteiger partial charge in [-0.25, -0.2) is 9.59 Å². The SMILES string of the molecule is COC(=O)c1ccc(NC(=O)Nc2cn(C)c3ccccc23)cc1. The van der Waals surface area contributed by atoms with Gasteiger partial charge in [0.2, 0.25) is 0 Å². The molecule has 3 aromatic rings. The van der Waals surface area contributed by atoms with Crippen molar-refractivity contribution in [1.29, 1.82) is 0 Å². The number of urea groups is 1. The molecule has 0 spiro atoms. The molecule has 3 rings (SSSR count). The van der Waals surface area contributed by atoms with Crippen LogP contribution < -0.4 is 10.6 Å². The van der Waals surface area contributed by atoms with Gasteiger partial charge in [-0.2, -0.15) is 0 Å². The number of hydrogen-bond acceptors (Lipinski definition) is 3. The Balaban J connectivity index is 1.72. The fourth-order valence-corrected chi connectivity index (χ4v) is 2.53. The molecule has 0 aliphatic heterocycles. The van der Waals surface area contributed by atoms with E-state index in [4.69, 9.17) is 0 Å². The average molecular weight is 323 g/mol. The van der Waals surface area contributed by atoms with Crippen molar-refractivity contribution < 1.29 is 14.3 Å². The number of methoxy groups -OCH3 is 1. The second-order valence-electron chi connectivity index (χ2n) is 5.32. The second kappa shape index (κ2) is 6.45. The Kier molecular flexibility index (Phi) is 4.20. The van der Waals surface area contributed by atoms with Crippen LogP contribution in [-0.4, -0.2) is 23.7 Å². The van der Waals surface area contributed by atoms with Crippen LogP contribution in [0.5, 0.6) is 0 Å². The molecule has 0 radical (unpaired) electrons. The third-order valence-corrected chi connectivity index (χ3v) is 3.71. The highest BCUT2D eigenvalue weighted by Gasteiger charge is 2.10. The maximum atomic E-state index is 12.2. The first-order chi connectivity index (χ1) is 11.6. The van der Waals surface area contributed by atoms with Gasteiger partial charge < -0.3 is 19.9 Å². The van der Waals surface area contributed by atoms with E-state index < -0.39 is 5.97 Å². The Hall–Kier alpha value is -3.28. The molecule has 0 saturated carbocycles. The van der Waals surface area contributed by atoms with E-state index in [1.54, 1.807) is 24.3 Å². The van der Waals surface area contributed by atoms with Crippen molar-refractivity contribution in [2.45, 2.75) is 0 Å². The zero-order valence-corrected chi connectivity index (χ0v) is 13.4.